The van der Waals surface area contributed by atoms with Gasteiger partial charge < -0.3 is 15.3 Å². The second kappa shape index (κ2) is 5.87. The van der Waals surface area contributed by atoms with E-state index in [0.717, 1.165) is 33.7 Å². The average molecular weight is 352 g/mol. The van der Waals surface area contributed by atoms with Crippen molar-refractivity contribution >= 4 is 37.7 Å². The van der Waals surface area contributed by atoms with Gasteiger partial charge in [-0.15, -0.1) is 11.3 Å². The molecule has 8 nitrogen and oxygen atoms in total. The van der Waals surface area contributed by atoms with Gasteiger partial charge in [0.15, 0.2) is 5.65 Å². The Morgan fingerprint density at radius 1 is 1.48 bits per heavy atom. The minimum atomic E-state index is -3.34. The predicted octanol–water partition coefficient (Wildman–Crippen LogP) is 1.05. The largest absolute Gasteiger partial charge is 0.330 e. The second-order valence-corrected chi connectivity index (χ2v) is 8.34. The highest BCUT2D eigenvalue weighted by atomic mass is 32.2. The first-order valence-electron chi connectivity index (χ1n) is 6.79. The molecule has 3 aromatic heterocycles. The fourth-order valence-corrected chi connectivity index (χ4v) is 4.33. The number of rotatable bonds is 6. The molecule has 0 aliphatic heterocycles. The molecule has 0 aromatic carbocycles. The van der Waals surface area contributed by atoms with Crippen molar-refractivity contribution in [3.8, 4) is 0 Å². The minimum Gasteiger partial charge on any atom is -0.330 e. The number of hydrogen-bond donors (Lipinski definition) is 3. The van der Waals surface area contributed by atoms with Crippen molar-refractivity contribution < 1.29 is 8.42 Å². The van der Waals surface area contributed by atoms with Crippen molar-refractivity contribution in [3.05, 3.63) is 29.2 Å². The summed E-state index contributed by atoms with van der Waals surface area (Å²) in [6, 6.07) is 1.88. The maximum absolute atomic E-state index is 11.7. The first-order chi connectivity index (χ1) is 10.9. The zero-order chi connectivity index (χ0) is 16.6. The molecule has 0 fully saturated rings. The molecule has 10 heteroatoms. The fourth-order valence-electron chi connectivity index (χ4n) is 2.36. The number of sulfone groups is 1. The van der Waals surface area contributed by atoms with Crippen LogP contribution in [0.4, 0.5) is 0 Å². The Morgan fingerprint density at radius 2 is 2.26 bits per heavy atom. The van der Waals surface area contributed by atoms with Crippen LogP contribution in [0.25, 0.3) is 10.3 Å². The molecule has 23 heavy (non-hydrogen) atoms. The third-order valence-corrected chi connectivity index (χ3v) is 6.25. The Kier molecular flexibility index (Phi) is 4.04. The summed E-state index contributed by atoms with van der Waals surface area (Å²) in [5, 5.41) is 17.7. The van der Waals surface area contributed by atoms with Gasteiger partial charge in [0.05, 0.1) is 4.70 Å². The van der Waals surface area contributed by atoms with Gasteiger partial charge in [0.1, 0.15) is 0 Å². The van der Waals surface area contributed by atoms with Crippen LogP contribution in [0.3, 0.4) is 0 Å². The molecule has 0 amide bonds. The zero-order valence-electron chi connectivity index (χ0n) is 12.6. The quantitative estimate of drug-likeness (QED) is 0.573. The summed E-state index contributed by atoms with van der Waals surface area (Å²) in [5.74, 6) is 0. The van der Waals surface area contributed by atoms with E-state index in [1.54, 1.807) is 6.20 Å². The third-order valence-electron chi connectivity index (χ3n) is 3.50. The summed E-state index contributed by atoms with van der Waals surface area (Å²) < 4.78 is 26.0. The average Bonchev–Trinajstić information content (AvgIpc) is 3.17. The van der Waals surface area contributed by atoms with Crippen molar-refractivity contribution in [1.82, 2.24) is 25.1 Å². The molecule has 0 saturated carbocycles. The van der Waals surface area contributed by atoms with Crippen molar-refractivity contribution in [3.63, 3.8) is 0 Å². The van der Waals surface area contributed by atoms with Crippen LogP contribution in [0.2, 0.25) is 0 Å². The summed E-state index contributed by atoms with van der Waals surface area (Å²) in [4.78, 5) is 4.22. The van der Waals surface area contributed by atoms with Crippen LogP contribution >= 0.6 is 11.3 Å². The number of aromatic amines is 1. The Morgan fingerprint density at radius 3 is 2.87 bits per heavy atom. The Hall–Kier alpha value is -2.04. The molecule has 0 aliphatic rings. The molecule has 0 radical (unpaired) electrons. The Bertz CT molecular complexity index is 953. The van der Waals surface area contributed by atoms with E-state index in [-0.39, 0.29) is 4.34 Å². The zero-order valence-corrected chi connectivity index (χ0v) is 14.3. The summed E-state index contributed by atoms with van der Waals surface area (Å²) >= 11 is 1.11. The molecule has 3 rings (SSSR count). The SMILES string of the molecule is Cn1c(CNCc2ccn[nH]2)c(C=N)c2sc(S(C)(=O)=O)nc21. The van der Waals surface area contributed by atoms with Crippen LogP contribution in [-0.2, 0) is 30.0 Å². The summed E-state index contributed by atoms with van der Waals surface area (Å²) in [7, 11) is -1.52. The third kappa shape index (κ3) is 2.92. The number of aromatic nitrogens is 4. The van der Waals surface area contributed by atoms with E-state index in [4.69, 9.17) is 5.41 Å². The topological polar surface area (TPSA) is 117 Å². The maximum Gasteiger partial charge on any atom is 0.211 e. The fraction of sp³-hybridized carbons (Fsp3) is 0.308. The van der Waals surface area contributed by atoms with Crippen LogP contribution < -0.4 is 5.32 Å². The van der Waals surface area contributed by atoms with E-state index in [1.807, 2.05) is 17.7 Å². The lowest BCUT2D eigenvalue weighted by Crippen LogP contribution is -2.16. The predicted molar refractivity (Wildman–Crippen MR) is 88.7 cm³/mol. The van der Waals surface area contributed by atoms with Gasteiger partial charge in [-0.3, -0.25) is 5.10 Å². The molecule has 0 bridgehead atoms. The number of thiazole rings is 1. The number of H-pyrrole nitrogens is 1. The van der Waals surface area contributed by atoms with Crippen molar-refractivity contribution in [1.29, 1.82) is 5.41 Å². The molecule has 3 heterocycles. The van der Waals surface area contributed by atoms with Crippen LogP contribution in [0.15, 0.2) is 16.6 Å². The molecule has 0 atom stereocenters. The van der Waals surface area contributed by atoms with Gasteiger partial charge >= 0.3 is 0 Å². The number of hydrogen-bond acceptors (Lipinski definition) is 7. The van der Waals surface area contributed by atoms with Crippen molar-refractivity contribution in [2.45, 2.75) is 17.4 Å². The Labute approximate surface area is 137 Å². The monoisotopic (exact) mass is 352 g/mol. The van der Waals surface area contributed by atoms with Gasteiger partial charge in [0.2, 0.25) is 14.2 Å². The molecule has 3 aromatic rings. The number of fused-ring (bicyclic) bond motifs is 1. The van der Waals surface area contributed by atoms with Gasteiger partial charge in [-0.05, 0) is 6.07 Å². The van der Waals surface area contributed by atoms with Crippen LogP contribution in [0.1, 0.15) is 17.0 Å². The molecule has 122 valence electrons. The molecular formula is C13H16N6O2S2. The summed E-state index contributed by atoms with van der Waals surface area (Å²) in [6.45, 7) is 1.16. The highest BCUT2D eigenvalue weighted by molar-refractivity contribution is 7.92. The molecule has 0 saturated heterocycles. The number of nitrogens with zero attached hydrogens (tertiary/aromatic N) is 3. The standard InChI is InChI=1S/C13H16N6O2S2/c1-19-10(7-15-6-8-3-4-16-18-8)9(5-14)11-12(19)17-13(22-11)23(2,20)21/h3-5,14-15H,6-7H2,1-2H3,(H,16,18). The minimum absolute atomic E-state index is 0.0816. The lowest BCUT2D eigenvalue weighted by molar-refractivity contribution is 0.601. The first-order valence-corrected chi connectivity index (χ1v) is 9.50. The normalized spacial score (nSPS) is 12.1. The smallest absolute Gasteiger partial charge is 0.211 e. The first kappa shape index (κ1) is 15.8. The van der Waals surface area contributed by atoms with Crippen molar-refractivity contribution in [2.24, 2.45) is 7.05 Å². The molecular weight excluding hydrogens is 336 g/mol. The van der Waals surface area contributed by atoms with E-state index >= 15 is 0 Å². The number of aryl methyl sites for hydroxylation is 1. The lowest BCUT2D eigenvalue weighted by atomic mass is 10.2. The molecule has 3 N–H and O–H groups in total. The van der Waals surface area contributed by atoms with Gasteiger partial charge in [0.25, 0.3) is 0 Å². The lowest BCUT2D eigenvalue weighted by Gasteiger charge is -2.07. The molecule has 0 unspecified atom stereocenters. The van der Waals surface area contributed by atoms with E-state index in [0.29, 0.717) is 24.3 Å². The van der Waals surface area contributed by atoms with E-state index in [1.165, 1.54) is 6.21 Å². The van der Waals surface area contributed by atoms with E-state index in [2.05, 4.69) is 20.5 Å². The molecule has 0 spiro atoms. The van der Waals surface area contributed by atoms with Crippen LogP contribution in [0.5, 0.6) is 0 Å². The van der Waals surface area contributed by atoms with Gasteiger partial charge in [-0.2, -0.15) is 5.10 Å². The Balaban J connectivity index is 1.92. The van der Waals surface area contributed by atoms with Crippen LogP contribution in [-0.4, -0.2) is 40.6 Å². The van der Waals surface area contributed by atoms with Crippen LogP contribution in [0, 0.1) is 5.41 Å². The second-order valence-electron chi connectivity index (χ2n) is 5.15. The number of nitrogens with one attached hydrogen (secondary N) is 3. The highest BCUT2D eigenvalue weighted by Gasteiger charge is 2.21. The maximum atomic E-state index is 11.7. The van der Waals surface area contributed by atoms with Gasteiger partial charge in [-0.1, -0.05) is 0 Å². The van der Waals surface area contributed by atoms with Gasteiger partial charge in [0, 0.05) is 55.8 Å². The summed E-state index contributed by atoms with van der Waals surface area (Å²) in [6.07, 6.45) is 4.08. The molecule has 0 aliphatic carbocycles. The van der Waals surface area contributed by atoms with E-state index in [9.17, 15) is 8.42 Å². The van der Waals surface area contributed by atoms with Crippen molar-refractivity contribution in [2.75, 3.05) is 6.26 Å². The highest BCUT2D eigenvalue weighted by Crippen LogP contribution is 2.31. The van der Waals surface area contributed by atoms with E-state index < -0.39 is 9.84 Å². The summed E-state index contributed by atoms with van der Waals surface area (Å²) in [5.41, 5.74) is 3.16. The van der Waals surface area contributed by atoms with Gasteiger partial charge in [-0.25, -0.2) is 13.4 Å².